The van der Waals surface area contributed by atoms with Gasteiger partial charge in [0.15, 0.2) is 0 Å². The van der Waals surface area contributed by atoms with E-state index in [1.165, 1.54) is 11.1 Å². The van der Waals surface area contributed by atoms with E-state index in [0.29, 0.717) is 0 Å². The van der Waals surface area contributed by atoms with Gasteiger partial charge >= 0.3 is 0 Å². The third-order valence-electron chi connectivity index (χ3n) is 11.0. The van der Waals surface area contributed by atoms with Gasteiger partial charge in [-0.05, 0) is 108 Å². The Labute approximate surface area is 344 Å². The van der Waals surface area contributed by atoms with E-state index in [1.54, 1.807) is 0 Å². The van der Waals surface area contributed by atoms with Gasteiger partial charge in [-0.25, -0.2) is 19.9 Å². The molecule has 0 saturated carbocycles. The lowest BCUT2D eigenvalue weighted by atomic mass is 10.0. The molecular formula is C54H39N5. The van der Waals surface area contributed by atoms with Crippen molar-refractivity contribution in [1.82, 2.24) is 19.9 Å². The highest BCUT2D eigenvalue weighted by atomic mass is 15.1. The van der Waals surface area contributed by atoms with Crippen LogP contribution in [0.3, 0.4) is 0 Å². The highest BCUT2D eigenvalue weighted by Gasteiger charge is 2.15. The van der Waals surface area contributed by atoms with Crippen molar-refractivity contribution in [3.05, 3.63) is 212 Å². The molecule has 0 fully saturated rings. The molecule has 0 atom stereocenters. The van der Waals surface area contributed by atoms with E-state index >= 15 is 0 Å². The minimum absolute atomic E-state index is 0.902. The fourth-order valence-electron chi connectivity index (χ4n) is 7.85. The summed E-state index contributed by atoms with van der Waals surface area (Å²) in [6.45, 7) is 4.05. The summed E-state index contributed by atoms with van der Waals surface area (Å²) in [5.41, 5.74) is 19.6. The quantitative estimate of drug-likeness (QED) is 0.154. The lowest BCUT2D eigenvalue weighted by Gasteiger charge is -2.26. The van der Waals surface area contributed by atoms with Gasteiger partial charge in [0.1, 0.15) is 0 Å². The minimum atomic E-state index is 0.902. The Bertz CT molecular complexity index is 2900. The zero-order chi connectivity index (χ0) is 39.7. The van der Waals surface area contributed by atoms with Crippen molar-refractivity contribution >= 4 is 39.1 Å². The van der Waals surface area contributed by atoms with Crippen molar-refractivity contribution in [3.8, 4) is 55.9 Å². The molecule has 2 heterocycles. The Morgan fingerprint density at radius 1 is 0.254 bits per heavy atom. The summed E-state index contributed by atoms with van der Waals surface area (Å²) < 4.78 is 0. The van der Waals surface area contributed by atoms with Gasteiger partial charge in [-0.15, -0.1) is 0 Å². The van der Waals surface area contributed by atoms with Crippen LogP contribution in [0.5, 0.6) is 0 Å². The molecule has 0 aliphatic carbocycles. The second-order valence-electron chi connectivity index (χ2n) is 14.8. The molecule has 0 unspecified atom stereocenters. The second kappa shape index (κ2) is 15.3. The van der Waals surface area contributed by atoms with E-state index in [1.807, 2.05) is 62.4 Å². The number of hydrogen-bond acceptors (Lipinski definition) is 5. The van der Waals surface area contributed by atoms with Gasteiger partial charge in [-0.1, -0.05) is 140 Å². The number of aromatic nitrogens is 4. The number of nitrogens with zero attached hydrogens (tertiary/aromatic N) is 5. The Kier molecular flexibility index (Phi) is 9.24. The molecule has 0 N–H and O–H groups in total. The summed E-state index contributed by atoms with van der Waals surface area (Å²) in [7, 11) is 0. The van der Waals surface area contributed by atoms with Crippen molar-refractivity contribution in [3.63, 3.8) is 0 Å². The molecule has 0 bridgehead atoms. The van der Waals surface area contributed by atoms with E-state index in [9.17, 15) is 0 Å². The maximum absolute atomic E-state index is 4.93. The van der Waals surface area contributed by atoms with E-state index < -0.39 is 0 Å². The van der Waals surface area contributed by atoms with Gasteiger partial charge in [0.05, 0.1) is 44.8 Å². The van der Waals surface area contributed by atoms with Crippen molar-refractivity contribution in [2.24, 2.45) is 0 Å². The van der Waals surface area contributed by atoms with Crippen LogP contribution in [0.25, 0.3) is 78.0 Å². The fourth-order valence-corrected chi connectivity index (χ4v) is 7.85. The molecule has 0 saturated heterocycles. The molecule has 10 aromatic rings. The second-order valence-corrected chi connectivity index (χ2v) is 14.8. The number of benzene rings is 8. The molecule has 280 valence electrons. The van der Waals surface area contributed by atoms with Crippen LogP contribution >= 0.6 is 0 Å². The van der Waals surface area contributed by atoms with Gasteiger partial charge in [-0.3, -0.25) is 0 Å². The standard InChI is InChI=1S/C54H39N5/c1-36-53(57-51-14-8-6-12-49(51)55-36)44-20-16-39(17-21-44)42-26-32-47(33-27-42)59(46-30-24-41(25-31-46)38-10-4-3-5-11-38)48-34-28-43(29-35-48)40-18-22-45(23-19-40)54-37(2)56-50-13-7-9-15-52(50)58-54/h3-35H,1-2H3. The van der Waals surface area contributed by atoms with E-state index in [4.69, 9.17) is 19.9 Å². The Balaban J connectivity index is 0.944. The van der Waals surface area contributed by atoms with Crippen LogP contribution in [0.1, 0.15) is 11.4 Å². The van der Waals surface area contributed by atoms with Gasteiger partial charge in [-0.2, -0.15) is 0 Å². The predicted molar refractivity (Wildman–Crippen MR) is 244 cm³/mol. The molecule has 5 heteroatoms. The van der Waals surface area contributed by atoms with Gasteiger partial charge < -0.3 is 4.90 Å². The lowest BCUT2D eigenvalue weighted by molar-refractivity contribution is 1.19. The number of rotatable bonds is 8. The smallest absolute Gasteiger partial charge is 0.0922 e. The molecule has 59 heavy (non-hydrogen) atoms. The van der Waals surface area contributed by atoms with Crippen molar-refractivity contribution in [1.29, 1.82) is 0 Å². The number of fused-ring (bicyclic) bond motifs is 2. The Hall–Kier alpha value is -7.76. The average molecular weight is 758 g/mol. The summed E-state index contributed by atoms with van der Waals surface area (Å²) in [6, 6.07) is 70.2. The first-order chi connectivity index (χ1) is 29.0. The molecule has 5 nitrogen and oxygen atoms in total. The van der Waals surface area contributed by atoms with Crippen molar-refractivity contribution < 1.29 is 0 Å². The maximum atomic E-state index is 4.93. The molecular weight excluding hydrogens is 719 g/mol. The van der Waals surface area contributed by atoms with Crippen molar-refractivity contribution in [2.45, 2.75) is 13.8 Å². The predicted octanol–water partition coefficient (Wildman–Crippen LogP) is 14.0. The zero-order valence-corrected chi connectivity index (χ0v) is 32.8. The Morgan fingerprint density at radius 3 is 0.847 bits per heavy atom. The molecule has 0 aliphatic rings. The van der Waals surface area contributed by atoms with Crippen LogP contribution in [0.15, 0.2) is 200 Å². The Morgan fingerprint density at radius 2 is 0.508 bits per heavy atom. The average Bonchev–Trinajstić information content (AvgIpc) is 3.30. The normalized spacial score (nSPS) is 11.2. The SMILES string of the molecule is Cc1nc2ccccc2nc1-c1ccc(-c2ccc(N(c3ccc(-c4ccccc4)cc3)c3ccc(-c4ccc(-c5nc6ccccc6nc5C)cc4)cc3)cc2)cc1. The number of hydrogen-bond donors (Lipinski definition) is 0. The summed E-state index contributed by atoms with van der Waals surface area (Å²) in [4.78, 5) is 21.8. The summed E-state index contributed by atoms with van der Waals surface area (Å²) in [5, 5.41) is 0. The first-order valence-corrected chi connectivity index (χ1v) is 19.9. The summed E-state index contributed by atoms with van der Waals surface area (Å²) in [6.07, 6.45) is 0. The van der Waals surface area contributed by atoms with Crippen molar-refractivity contribution in [2.75, 3.05) is 4.90 Å². The van der Waals surface area contributed by atoms with E-state index in [-0.39, 0.29) is 0 Å². The van der Waals surface area contributed by atoms with E-state index in [2.05, 4.69) is 157 Å². The summed E-state index contributed by atoms with van der Waals surface area (Å²) in [5.74, 6) is 0. The third kappa shape index (κ3) is 7.11. The molecule has 0 spiro atoms. The first kappa shape index (κ1) is 35.6. The monoisotopic (exact) mass is 757 g/mol. The molecule has 2 aromatic heterocycles. The fraction of sp³-hybridized carbons (Fsp3) is 0.0370. The topological polar surface area (TPSA) is 54.8 Å². The highest BCUT2D eigenvalue weighted by Crippen LogP contribution is 2.38. The third-order valence-corrected chi connectivity index (χ3v) is 11.0. The van der Waals surface area contributed by atoms with E-state index in [0.717, 1.165) is 95.3 Å². The van der Waals surface area contributed by atoms with Gasteiger partial charge in [0.25, 0.3) is 0 Å². The van der Waals surface area contributed by atoms with Crippen LogP contribution < -0.4 is 4.90 Å². The highest BCUT2D eigenvalue weighted by molar-refractivity contribution is 5.83. The lowest BCUT2D eigenvalue weighted by Crippen LogP contribution is -2.09. The minimum Gasteiger partial charge on any atom is -0.311 e. The number of aryl methyl sites for hydroxylation is 2. The molecule has 0 aliphatic heterocycles. The van der Waals surface area contributed by atoms with Crippen LogP contribution in [-0.4, -0.2) is 19.9 Å². The van der Waals surface area contributed by atoms with Crippen LogP contribution in [0, 0.1) is 13.8 Å². The first-order valence-electron chi connectivity index (χ1n) is 19.9. The molecule has 0 amide bonds. The van der Waals surface area contributed by atoms with Crippen LogP contribution in [0.2, 0.25) is 0 Å². The van der Waals surface area contributed by atoms with Crippen LogP contribution in [-0.2, 0) is 0 Å². The van der Waals surface area contributed by atoms with Crippen LogP contribution in [0.4, 0.5) is 17.1 Å². The van der Waals surface area contributed by atoms with Gasteiger partial charge in [0, 0.05) is 28.2 Å². The number of para-hydroxylation sites is 4. The maximum Gasteiger partial charge on any atom is 0.0922 e. The van der Waals surface area contributed by atoms with Gasteiger partial charge in [0.2, 0.25) is 0 Å². The largest absolute Gasteiger partial charge is 0.311 e. The molecule has 8 aromatic carbocycles. The number of anilines is 3. The molecule has 0 radical (unpaired) electrons. The zero-order valence-electron chi connectivity index (χ0n) is 32.8. The summed E-state index contributed by atoms with van der Waals surface area (Å²) >= 11 is 0. The molecule has 10 rings (SSSR count).